The summed E-state index contributed by atoms with van der Waals surface area (Å²) in [6.07, 6.45) is 0. The fourth-order valence-electron chi connectivity index (χ4n) is 4.59. The number of benzene rings is 2. The summed E-state index contributed by atoms with van der Waals surface area (Å²) >= 11 is 0. The van der Waals surface area contributed by atoms with Crippen molar-refractivity contribution in [2.45, 2.75) is 12.0 Å². The van der Waals surface area contributed by atoms with E-state index in [1.54, 1.807) is 13.1 Å². The molecule has 2 heterocycles. The number of fused-ring (bicyclic) bond motifs is 2. The van der Waals surface area contributed by atoms with Gasteiger partial charge in [-0.15, -0.1) is 0 Å². The quantitative estimate of drug-likeness (QED) is 0.755. The largest absolute Gasteiger partial charge is 0.491 e. The minimum Gasteiger partial charge on any atom is -0.491 e. The molecule has 2 aromatic carbocycles. The normalized spacial score (nSPS) is 26.8. The zero-order valence-electron chi connectivity index (χ0n) is 15.7. The first-order chi connectivity index (χ1) is 13.7. The second kappa shape index (κ2) is 6.63. The van der Waals surface area contributed by atoms with Crippen LogP contribution in [0.5, 0.6) is 5.75 Å². The molecule has 3 N–H and O–H groups in total. The lowest BCUT2D eigenvalue weighted by atomic mass is 9.90. The van der Waals surface area contributed by atoms with Gasteiger partial charge in [0.05, 0.1) is 12.2 Å². The van der Waals surface area contributed by atoms with Gasteiger partial charge in [0.1, 0.15) is 5.75 Å². The molecular formula is C22H23N3O3. The van der Waals surface area contributed by atoms with E-state index < -0.39 is 0 Å². The van der Waals surface area contributed by atoms with Crippen LogP contribution >= 0.6 is 0 Å². The van der Waals surface area contributed by atoms with Gasteiger partial charge in [-0.2, -0.15) is 0 Å². The molecule has 1 saturated heterocycles. The minimum absolute atomic E-state index is 0.0110. The van der Waals surface area contributed by atoms with E-state index in [-0.39, 0.29) is 23.8 Å². The molecule has 1 aliphatic carbocycles. The van der Waals surface area contributed by atoms with Crippen molar-refractivity contribution in [3.05, 3.63) is 64.7 Å². The summed E-state index contributed by atoms with van der Waals surface area (Å²) in [5.74, 6) is 1.31. The van der Waals surface area contributed by atoms with Crippen LogP contribution in [-0.2, 0) is 0 Å². The lowest BCUT2D eigenvalue weighted by molar-refractivity contribution is 0.0946. The van der Waals surface area contributed by atoms with Crippen LogP contribution in [-0.4, -0.2) is 44.6 Å². The number of hydrogen-bond donors (Lipinski definition) is 3. The average Bonchev–Trinajstić information content (AvgIpc) is 3.10. The summed E-state index contributed by atoms with van der Waals surface area (Å²) in [5, 5.41) is 9.14. The number of rotatable bonds is 4. The maximum atomic E-state index is 12.9. The van der Waals surface area contributed by atoms with Crippen molar-refractivity contribution in [1.82, 2.24) is 16.0 Å². The molecule has 5 rings (SSSR count). The topological polar surface area (TPSA) is 79.5 Å². The molecule has 3 aliphatic rings. The SMILES string of the molecule is CNC(=O)c1cc(C(=O)NC2[C@H]3CNC[C@@H]23)cc2c1OC[C@H]2c1ccccc1. The molecule has 6 heteroatoms. The average molecular weight is 377 g/mol. The van der Waals surface area contributed by atoms with Crippen LogP contribution in [0.4, 0.5) is 0 Å². The highest BCUT2D eigenvalue weighted by Gasteiger charge is 2.53. The van der Waals surface area contributed by atoms with Crippen LogP contribution < -0.4 is 20.7 Å². The summed E-state index contributed by atoms with van der Waals surface area (Å²) in [5.41, 5.74) is 2.95. The number of hydrogen-bond acceptors (Lipinski definition) is 4. The molecule has 1 unspecified atom stereocenters. The Kier molecular flexibility index (Phi) is 4.09. The second-order valence-electron chi connectivity index (χ2n) is 7.78. The van der Waals surface area contributed by atoms with Crippen molar-refractivity contribution < 1.29 is 14.3 Å². The summed E-state index contributed by atoms with van der Waals surface area (Å²) in [6, 6.07) is 13.8. The molecule has 1 saturated carbocycles. The Morgan fingerprint density at radius 3 is 2.54 bits per heavy atom. The van der Waals surface area contributed by atoms with E-state index in [2.05, 4.69) is 16.0 Å². The fraction of sp³-hybridized carbons (Fsp3) is 0.364. The number of nitrogens with one attached hydrogen (secondary N) is 3. The first-order valence-corrected chi connectivity index (χ1v) is 9.76. The third kappa shape index (κ3) is 2.76. The zero-order chi connectivity index (χ0) is 19.3. The van der Waals surface area contributed by atoms with Crippen molar-refractivity contribution in [2.75, 3.05) is 26.7 Å². The Morgan fingerprint density at radius 2 is 1.82 bits per heavy atom. The summed E-state index contributed by atoms with van der Waals surface area (Å²) in [4.78, 5) is 25.4. The van der Waals surface area contributed by atoms with Crippen molar-refractivity contribution in [3.8, 4) is 5.75 Å². The van der Waals surface area contributed by atoms with Gasteiger partial charge in [0, 0.05) is 43.2 Å². The fourth-order valence-corrected chi connectivity index (χ4v) is 4.59. The van der Waals surface area contributed by atoms with E-state index >= 15 is 0 Å². The van der Waals surface area contributed by atoms with Gasteiger partial charge in [-0.1, -0.05) is 30.3 Å². The lowest BCUT2D eigenvalue weighted by Crippen LogP contribution is -2.32. The Hall–Kier alpha value is -2.86. The van der Waals surface area contributed by atoms with Gasteiger partial charge < -0.3 is 20.7 Å². The van der Waals surface area contributed by atoms with Crippen LogP contribution in [0, 0.1) is 11.8 Å². The van der Waals surface area contributed by atoms with Gasteiger partial charge >= 0.3 is 0 Å². The van der Waals surface area contributed by atoms with Gasteiger partial charge in [0.25, 0.3) is 11.8 Å². The van der Waals surface area contributed by atoms with Gasteiger partial charge in [-0.05, 0) is 29.5 Å². The Morgan fingerprint density at radius 1 is 1.07 bits per heavy atom. The van der Waals surface area contributed by atoms with Crippen LogP contribution in [0.15, 0.2) is 42.5 Å². The van der Waals surface area contributed by atoms with Crippen LogP contribution in [0.3, 0.4) is 0 Å². The molecule has 0 aromatic heterocycles. The van der Waals surface area contributed by atoms with Crippen molar-refractivity contribution in [3.63, 3.8) is 0 Å². The highest BCUT2D eigenvalue weighted by atomic mass is 16.5. The van der Waals surface area contributed by atoms with E-state index in [9.17, 15) is 9.59 Å². The highest BCUT2D eigenvalue weighted by molar-refractivity contribution is 6.02. The maximum Gasteiger partial charge on any atom is 0.254 e. The number of carbonyl (C=O) groups is 2. The molecule has 6 nitrogen and oxygen atoms in total. The van der Waals surface area contributed by atoms with Crippen LogP contribution in [0.25, 0.3) is 0 Å². The Labute approximate surface area is 163 Å². The van der Waals surface area contributed by atoms with Gasteiger partial charge in [0.15, 0.2) is 0 Å². The number of ether oxygens (including phenoxy) is 1. The molecule has 0 radical (unpaired) electrons. The molecule has 28 heavy (non-hydrogen) atoms. The zero-order valence-corrected chi connectivity index (χ0v) is 15.7. The first kappa shape index (κ1) is 17.3. The molecule has 4 atom stereocenters. The molecule has 2 fully saturated rings. The smallest absolute Gasteiger partial charge is 0.254 e. The van der Waals surface area contributed by atoms with Crippen LogP contribution in [0.2, 0.25) is 0 Å². The third-order valence-corrected chi connectivity index (χ3v) is 6.21. The molecule has 0 bridgehead atoms. The van der Waals surface area contributed by atoms with Crippen LogP contribution in [0.1, 0.15) is 37.8 Å². The van der Waals surface area contributed by atoms with E-state index in [0.717, 1.165) is 24.2 Å². The minimum atomic E-state index is -0.243. The summed E-state index contributed by atoms with van der Waals surface area (Å²) in [7, 11) is 1.59. The van der Waals surface area contributed by atoms with Crippen molar-refractivity contribution in [2.24, 2.45) is 11.8 Å². The van der Waals surface area contributed by atoms with E-state index in [4.69, 9.17) is 4.74 Å². The molecule has 2 amide bonds. The molecule has 144 valence electrons. The second-order valence-corrected chi connectivity index (χ2v) is 7.78. The molecule has 2 aromatic rings. The summed E-state index contributed by atoms with van der Waals surface area (Å²) < 4.78 is 5.91. The standard InChI is InChI=1S/C22H23N3O3/c1-23-22(27)15-8-13(21(26)25-19-16-9-24-10-17(16)19)7-14-18(11-28-20(14)15)12-5-3-2-4-6-12/h2-8,16-19,24H,9-11H2,1H3,(H,23,27)(H,25,26)/t16-,17+,18-,19?/m0/s1. The van der Waals surface area contributed by atoms with E-state index in [1.165, 1.54) is 0 Å². The molecular weight excluding hydrogens is 354 g/mol. The van der Waals surface area contributed by atoms with Gasteiger partial charge in [0.2, 0.25) is 0 Å². The van der Waals surface area contributed by atoms with Gasteiger partial charge in [-0.3, -0.25) is 9.59 Å². The van der Waals surface area contributed by atoms with Crippen molar-refractivity contribution >= 4 is 11.8 Å². The third-order valence-electron chi connectivity index (χ3n) is 6.21. The Bertz CT molecular complexity index is 934. The number of carbonyl (C=O) groups excluding carboxylic acids is 2. The molecule has 0 spiro atoms. The lowest BCUT2D eigenvalue weighted by Gasteiger charge is -2.13. The Balaban J connectivity index is 1.50. The monoisotopic (exact) mass is 377 g/mol. The predicted molar refractivity (Wildman–Crippen MR) is 105 cm³/mol. The first-order valence-electron chi connectivity index (χ1n) is 9.76. The number of piperidine rings is 1. The predicted octanol–water partition coefficient (Wildman–Crippen LogP) is 1.52. The van der Waals surface area contributed by atoms with E-state index in [0.29, 0.717) is 35.3 Å². The van der Waals surface area contributed by atoms with Crippen molar-refractivity contribution in [1.29, 1.82) is 0 Å². The highest BCUT2D eigenvalue weighted by Crippen LogP contribution is 2.43. The number of amides is 2. The molecule has 2 aliphatic heterocycles. The van der Waals surface area contributed by atoms with E-state index in [1.807, 2.05) is 36.4 Å². The van der Waals surface area contributed by atoms with Gasteiger partial charge in [-0.25, -0.2) is 0 Å². The maximum absolute atomic E-state index is 12.9. The summed E-state index contributed by atoms with van der Waals surface area (Å²) in [6.45, 7) is 2.40.